The number of hydrogen-bond acceptors (Lipinski definition) is 0. The average Bonchev–Trinajstić information content (AvgIpc) is 2.96. The molecule has 0 saturated heterocycles. The molecule has 0 aliphatic heterocycles. The van der Waals surface area contributed by atoms with Crippen molar-refractivity contribution < 1.29 is 0 Å². The molecule has 0 radical (unpaired) electrons. The van der Waals surface area contributed by atoms with Gasteiger partial charge in [0.05, 0.1) is 0 Å². The maximum absolute atomic E-state index is 2.24. The Labute approximate surface area is 228 Å². The van der Waals surface area contributed by atoms with E-state index in [0.29, 0.717) is 0 Å². The monoisotopic (exact) mass is 492 g/mol. The lowest BCUT2D eigenvalue weighted by Crippen LogP contribution is -1.87. The van der Waals surface area contributed by atoms with Crippen molar-refractivity contribution in [2.24, 2.45) is 0 Å². The molecule has 188 valence electrons. The molecule has 0 aliphatic rings. The Morgan fingerprint density at radius 2 is 0.711 bits per heavy atom. The van der Waals surface area contributed by atoms with Gasteiger partial charge in [0.15, 0.2) is 0 Å². The normalized spacial score (nSPS) is 10.1. The standard InChI is InChI=1S/2C14H14.C10H8/c1-12-6-5-9-14(10-12)11-13-7-3-2-4-8-13;1-12-7-9-14(10-8-12)11-13-5-3-2-4-6-13;1-2-6-10-8-4-3-7-9(10)5-1/h2*2-10H,11H2,1H3;1-8H. The van der Waals surface area contributed by atoms with Crippen LogP contribution in [0.25, 0.3) is 10.8 Å². The molecule has 0 fully saturated rings. The van der Waals surface area contributed by atoms with Crippen molar-refractivity contribution in [3.8, 4) is 0 Å². The summed E-state index contributed by atoms with van der Waals surface area (Å²) in [7, 11) is 0. The molecule has 0 N–H and O–H groups in total. The number of fused-ring (bicyclic) bond motifs is 1. The van der Waals surface area contributed by atoms with Crippen LogP contribution >= 0.6 is 0 Å². The Morgan fingerprint density at radius 1 is 0.316 bits per heavy atom. The number of aryl methyl sites for hydroxylation is 2. The summed E-state index contributed by atoms with van der Waals surface area (Å²) in [5.74, 6) is 0. The van der Waals surface area contributed by atoms with E-state index in [1.54, 1.807) is 0 Å². The van der Waals surface area contributed by atoms with Gasteiger partial charge in [0.2, 0.25) is 0 Å². The van der Waals surface area contributed by atoms with Gasteiger partial charge >= 0.3 is 0 Å². The fourth-order valence-corrected chi connectivity index (χ4v) is 4.32. The lowest BCUT2D eigenvalue weighted by Gasteiger charge is -2.02. The van der Waals surface area contributed by atoms with E-state index in [-0.39, 0.29) is 0 Å². The molecule has 6 aromatic carbocycles. The predicted octanol–water partition coefficient (Wildman–Crippen LogP) is 10.0. The number of benzene rings is 6. The van der Waals surface area contributed by atoms with Crippen molar-refractivity contribution in [1.82, 2.24) is 0 Å². The molecule has 0 saturated carbocycles. The lowest BCUT2D eigenvalue weighted by atomic mass is 10.0. The second kappa shape index (κ2) is 14.4. The van der Waals surface area contributed by atoms with Crippen molar-refractivity contribution in [2.75, 3.05) is 0 Å². The van der Waals surface area contributed by atoms with E-state index in [9.17, 15) is 0 Å². The second-order valence-electron chi connectivity index (χ2n) is 9.65. The van der Waals surface area contributed by atoms with Gasteiger partial charge in [0.25, 0.3) is 0 Å². The third-order valence-electron chi connectivity index (χ3n) is 6.36. The molecule has 0 bridgehead atoms. The van der Waals surface area contributed by atoms with Gasteiger partial charge in [-0.05, 0) is 59.7 Å². The maximum atomic E-state index is 2.24. The predicted molar refractivity (Wildman–Crippen MR) is 165 cm³/mol. The van der Waals surface area contributed by atoms with E-state index in [1.165, 1.54) is 44.2 Å². The fourth-order valence-electron chi connectivity index (χ4n) is 4.32. The molecule has 0 heterocycles. The molecule has 0 heteroatoms. The van der Waals surface area contributed by atoms with Crippen LogP contribution in [0.3, 0.4) is 0 Å². The molecule has 0 spiro atoms. The van der Waals surface area contributed by atoms with Crippen LogP contribution < -0.4 is 0 Å². The zero-order chi connectivity index (χ0) is 26.4. The third-order valence-corrected chi connectivity index (χ3v) is 6.36. The SMILES string of the molecule is Cc1ccc(Cc2ccccc2)cc1.Cc1cccc(Cc2ccccc2)c1.c1ccc2ccccc2c1. The summed E-state index contributed by atoms with van der Waals surface area (Å²) in [5.41, 5.74) is 8.16. The van der Waals surface area contributed by atoms with Crippen molar-refractivity contribution in [3.05, 3.63) is 191 Å². The summed E-state index contributed by atoms with van der Waals surface area (Å²) >= 11 is 0. The summed E-state index contributed by atoms with van der Waals surface area (Å²) in [4.78, 5) is 0. The van der Waals surface area contributed by atoms with E-state index >= 15 is 0 Å². The Hall–Kier alpha value is -4.42. The minimum Gasteiger partial charge on any atom is -0.0622 e. The van der Waals surface area contributed by atoms with Gasteiger partial charge in [-0.25, -0.2) is 0 Å². The summed E-state index contributed by atoms with van der Waals surface area (Å²) in [6, 6.07) is 55.2. The number of hydrogen-bond donors (Lipinski definition) is 0. The summed E-state index contributed by atoms with van der Waals surface area (Å²) in [6.07, 6.45) is 2.06. The molecule has 0 amide bonds. The molecule has 38 heavy (non-hydrogen) atoms. The van der Waals surface area contributed by atoms with E-state index in [4.69, 9.17) is 0 Å². The Balaban J connectivity index is 0.000000135. The van der Waals surface area contributed by atoms with Gasteiger partial charge in [-0.15, -0.1) is 0 Å². The molecular weight excluding hydrogens is 456 g/mol. The first kappa shape index (κ1) is 26.6. The van der Waals surface area contributed by atoms with Crippen LogP contribution in [0.2, 0.25) is 0 Å². The average molecular weight is 493 g/mol. The molecule has 0 nitrogen and oxygen atoms in total. The highest BCUT2D eigenvalue weighted by atomic mass is 14.0. The maximum Gasteiger partial charge on any atom is -0.00257 e. The van der Waals surface area contributed by atoms with Crippen molar-refractivity contribution in [2.45, 2.75) is 26.7 Å². The minimum atomic E-state index is 1.03. The zero-order valence-corrected chi connectivity index (χ0v) is 22.4. The van der Waals surface area contributed by atoms with Crippen LogP contribution in [0.4, 0.5) is 0 Å². The fraction of sp³-hybridized carbons (Fsp3) is 0.105. The third kappa shape index (κ3) is 8.91. The van der Waals surface area contributed by atoms with Crippen LogP contribution in [-0.4, -0.2) is 0 Å². The van der Waals surface area contributed by atoms with Gasteiger partial charge in [-0.3, -0.25) is 0 Å². The Morgan fingerprint density at radius 3 is 1.18 bits per heavy atom. The zero-order valence-electron chi connectivity index (χ0n) is 22.4. The second-order valence-corrected chi connectivity index (χ2v) is 9.65. The van der Waals surface area contributed by atoms with Crippen LogP contribution in [0.5, 0.6) is 0 Å². The molecule has 0 atom stereocenters. The molecule has 0 aliphatic carbocycles. The number of rotatable bonds is 4. The quantitative estimate of drug-likeness (QED) is 0.230. The molecule has 0 aromatic heterocycles. The summed E-state index contributed by atoms with van der Waals surface area (Å²) in [6.45, 7) is 4.25. The molecule has 0 unspecified atom stereocenters. The van der Waals surface area contributed by atoms with Gasteiger partial charge < -0.3 is 0 Å². The van der Waals surface area contributed by atoms with Crippen LogP contribution in [-0.2, 0) is 12.8 Å². The highest BCUT2D eigenvalue weighted by Crippen LogP contribution is 2.12. The first-order chi connectivity index (χ1) is 18.7. The van der Waals surface area contributed by atoms with Gasteiger partial charge in [-0.1, -0.05) is 169 Å². The van der Waals surface area contributed by atoms with Crippen molar-refractivity contribution >= 4 is 10.8 Å². The van der Waals surface area contributed by atoms with E-state index < -0.39 is 0 Å². The van der Waals surface area contributed by atoms with Crippen molar-refractivity contribution in [3.63, 3.8) is 0 Å². The van der Waals surface area contributed by atoms with Gasteiger partial charge in [0.1, 0.15) is 0 Å². The molecular formula is C38H36. The van der Waals surface area contributed by atoms with Gasteiger partial charge in [-0.2, -0.15) is 0 Å². The highest BCUT2D eigenvalue weighted by Gasteiger charge is 1.95. The van der Waals surface area contributed by atoms with E-state index in [0.717, 1.165) is 12.8 Å². The van der Waals surface area contributed by atoms with E-state index in [2.05, 4.69) is 172 Å². The highest BCUT2D eigenvalue weighted by molar-refractivity contribution is 5.82. The van der Waals surface area contributed by atoms with Crippen LogP contribution in [0.1, 0.15) is 33.4 Å². The van der Waals surface area contributed by atoms with Crippen molar-refractivity contribution in [1.29, 1.82) is 0 Å². The van der Waals surface area contributed by atoms with Crippen LogP contribution in [0, 0.1) is 13.8 Å². The summed E-state index contributed by atoms with van der Waals surface area (Å²) < 4.78 is 0. The smallest absolute Gasteiger partial charge is 0.00257 e. The topological polar surface area (TPSA) is 0 Å². The summed E-state index contributed by atoms with van der Waals surface area (Å²) in [5, 5.41) is 2.62. The lowest BCUT2D eigenvalue weighted by molar-refractivity contribution is 1.18. The Kier molecular flexibility index (Phi) is 10.1. The van der Waals surface area contributed by atoms with Crippen LogP contribution in [0.15, 0.2) is 158 Å². The first-order valence-corrected chi connectivity index (χ1v) is 13.3. The van der Waals surface area contributed by atoms with Gasteiger partial charge in [0, 0.05) is 0 Å². The van der Waals surface area contributed by atoms with E-state index in [1.807, 2.05) is 0 Å². The Bertz CT molecular complexity index is 1430. The molecule has 6 rings (SSSR count). The first-order valence-electron chi connectivity index (χ1n) is 13.3. The molecule has 6 aromatic rings. The largest absolute Gasteiger partial charge is 0.0622 e. The minimum absolute atomic E-state index is 1.03.